The Morgan fingerprint density at radius 1 is 1.15 bits per heavy atom. The van der Waals surface area contributed by atoms with Crippen molar-refractivity contribution in [2.24, 2.45) is 0 Å². The molecule has 5 rings (SSSR count). The predicted octanol–water partition coefficient (Wildman–Crippen LogP) is 3.35. The average Bonchev–Trinajstić information content (AvgIpc) is 3.26. The van der Waals surface area contributed by atoms with Gasteiger partial charge in [0.1, 0.15) is 5.82 Å². The molecule has 172 valence electrons. The molecule has 0 unspecified atom stereocenters. The summed E-state index contributed by atoms with van der Waals surface area (Å²) in [6, 6.07) is 8.31. The first-order chi connectivity index (χ1) is 16.0. The third kappa shape index (κ3) is 4.18. The summed E-state index contributed by atoms with van der Waals surface area (Å²) in [7, 11) is 2.17. The van der Waals surface area contributed by atoms with Crippen molar-refractivity contribution >= 4 is 23.3 Å². The summed E-state index contributed by atoms with van der Waals surface area (Å²) in [4.78, 5) is 26.5. The third-order valence-electron chi connectivity index (χ3n) is 6.51. The second-order valence-corrected chi connectivity index (χ2v) is 8.72. The summed E-state index contributed by atoms with van der Waals surface area (Å²) in [6.45, 7) is 8.55. The van der Waals surface area contributed by atoms with Gasteiger partial charge in [0.15, 0.2) is 0 Å². The van der Waals surface area contributed by atoms with Crippen LogP contribution in [0.25, 0.3) is 5.82 Å². The molecule has 1 N–H and O–H groups in total. The molecule has 0 atom stereocenters. The number of carbonyl (C=O) groups excluding carboxylic acids is 1. The van der Waals surface area contributed by atoms with Gasteiger partial charge in [-0.2, -0.15) is 4.98 Å². The molecule has 8 nitrogen and oxygen atoms in total. The fraction of sp³-hybridized carbons (Fsp3) is 0.400. The SMILES string of the molecule is CCOC(=O)c1ccn2c1CCc1cnc(Nc3ccc(N4CCN(C)CC4)cc3C)nc1-2. The van der Waals surface area contributed by atoms with Crippen LogP contribution in [0.3, 0.4) is 0 Å². The van der Waals surface area contributed by atoms with Gasteiger partial charge in [-0.25, -0.2) is 9.78 Å². The van der Waals surface area contributed by atoms with Crippen LogP contribution < -0.4 is 10.2 Å². The largest absolute Gasteiger partial charge is 0.462 e. The maximum absolute atomic E-state index is 12.3. The van der Waals surface area contributed by atoms with Crippen molar-refractivity contribution < 1.29 is 9.53 Å². The van der Waals surface area contributed by atoms with E-state index < -0.39 is 0 Å². The number of piperazine rings is 1. The highest BCUT2D eigenvalue weighted by Gasteiger charge is 2.24. The smallest absolute Gasteiger partial charge is 0.339 e. The monoisotopic (exact) mass is 446 g/mol. The molecule has 0 saturated carbocycles. The van der Waals surface area contributed by atoms with Crippen molar-refractivity contribution in [2.75, 3.05) is 50.1 Å². The Balaban J connectivity index is 1.38. The quantitative estimate of drug-likeness (QED) is 0.603. The Labute approximate surface area is 194 Å². The predicted molar refractivity (Wildman–Crippen MR) is 129 cm³/mol. The number of nitrogens with zero attached hydrogens (tertiary/aromatic N) is 5. The van der Waals surface area contributed by atoms with Crippen LogP contribution in [0.2, 0.25) is 0 Å². The Kier molecular flexibility index (Phi) is 5.76. The zero-order valence-corrected chi connectivity index (χ0v) is 19.5. The molecule has 1 saturated heterocycles. The number of esters is 1. The van der Waals surface area contributed by atoms with Gasteiger partial charge in [0.05, 0.1) is 12.2 Å². The van der Waals surface area contributed by atoms with Crippen molar-refractivity contribution in [2.45, 2.75) is 26.7 Å². The number of nitrogens with one attached hydrogen (secondary N) is 1. The number of hydrogen-bond donors (Lipinski definition) is 1. The van der Waals surface area contributed by atoms with Gasteiger partial charge < -0.3 is 24.4 Å². The normalized spacial score (nSPS) is 15.7. The van der Waals surface area contributed by atoms with Gasteiger partial charge in [-0.15, -0.1) is 0 Å². The summed E-state index contributed by atoms with van der Waals surface area (Å²) in [6.07, 6.45) is 5.33. The van der Waals surface area contributed by atoms with Crippen LogP contribution in [0.4, 0.5) is 17.3 Å². The number of fused-ring (bicyclic) bond motifs is 3. The van der Waals surface area contributed by atoms with Crippen molar-refractivity contribution in [3.63, 3.8) is 0 Å². The number of anilines is 3. The minimum Gasteiger partial charge on any atom is -0.462 e. The van der Waals surface area contributed by atoms with E-state index in [4.69, 9.17) is 9.72 Å². The highest BCUT2D eigenvalue weighted by Crippen LogP contribution is 2.29. The minimum atomic E-state index is -0.279. The lowest BCUT2D eigenvalue weighted by atomic mass is 10.0. The molecule has 1 aromatic carbocycles. The minimum absolute atomic E-state index is 0.279. The zero-order valence-electron chi connectivity index (χ0n) is 19.5. The lowest BCUT2D eigenvalue weighted by molar-refractivity contribution is 0.0525. The van der Waals surface area contributed by atoms with E-state index in [1.165, 1.54) is 5.69 Å². The lowest BCUT2D eigenvalue weighted by Gasteiger charge is -2.34. The van der Waals surface area contributed by atoms with Gasteiger partial charge in [-0.1, -0.05) is 0 Å². The highest BCUT2D eigenvalue weighted by molar-refractivity contribution is 5.91. The maximum atomic E-state index is 12.3. The number of ether oxygens (including phenoxy) is 1. The van der Waals surface area contributed by atoms with Crippen LogP contribution in [0.1, 0.15) is 34.1 Å². The number of rotatable bonds is 5. The number of benzene rings is 1. The summed E-state index contributed by atoms with van der Waals surface area (Å²) in [5.74, 6) is 1.08. The number of hydrogen-bond acceptors (Lipinski definition) is 7. The molecule has 8 heteroatoms. The molecule has 0 radical (unpaired) electrons. The fourth-order valence-electron chi connectivity index (χ4n) is 4.58. The lowest BCUT2D eigenvalue weighted by Crippen LogP contribution is -2.44. The third-order valence-corrected chi connectivity index (χ3v) is 6.51. The number of likely N-dealkylation sites (N-methyl/N-ethyl adjacent to an activating group) is 1. The number of carbonyl (C=O) groups is 1. The molecule has 4 heterocycles. The van der Waals surface area contributed by atoms with Crippen molar-refractivity contribution in [1.82, 2.24) is 19.4 Å². The van der Waals surface area contributed by atoms with Gasteiger partial charge in [-0.3, -0.25) is 0 Å². The second-order valence-electron chi connectivity index (χ2n) is 8.72. The van der Waals surface area contributed by atoms with Crippen LogP contribution in [0, 0.1) is 6.92 Å². The molecule has 0 spiro atoms. The molecular weight excluding hydrogens is 416 g/mol. The number of aryl methyl sites for hydroxylation is 2. The molecule has 0 aliphatic carbocycles. The van der Waals surface area contributed by atoms with E-state index in [0.29, 0.717) is 18.1 Å². The summed E-state index contributed by atoms with van der Waals surface area (Å²) in [5.41, 5.74) is 6.02. The Bertz CT molecular complexity index is 1180. The molecule has 1 fully saturated rings. The fourth-order valence-corrected chi connectivity index (χ4v) is 4.58. The van der Waals surface area contributed by atoms with Gasteiger partial charge in [0, 0.05) is 61.2 Å². The summed E-state index contributed by atoms with van der Waals surface area (Å²) < 4.78 is 7.20. The van der Waals surface area contributed by atoms with Crippen LogP contribution in [0.5, 0.6) is 0 Å². The Morgan fingerprint density at radius 2 is 1.97 bits per heavy atom. The van der Waals surface area contributed by atoms with Gasteiger partial charge in [0.2, 0.25) is 5.95 Å². The van der Waals surface area contributed by atoms with E-state index in [9.17, 15) is 4.79 Å². The molecule has 2 aliphatic heterocycles. The van der Waals surface area contributed by atoms with Gasteiger partial charge >= 0.3 is 5.97 Å². The molecular formula is C25H30N6O2. The van der Waals surface area contributed by atoms with E-state index in [2.05, 4.69) is 52.3 Å². The van der Waals surface area contributed by atoms with Crippen molar-refractivity contribution in [1.29, 1.82) is 0 Å². The maximum Gasteiger partial charge on any atom is 0.339 e. The van der Waals surface area contributed by atoms with Crippen molar-refractivity contribution in [3.8, 4) is 5.82 Å². The van der Waals surface area contributed by atoms with E-state index in [-0.39, 0.29) is 5.97 Å². The molecule has 2 aliphatic rings. The molecule has 0 amide bonds. The van der Waals surface area contributed by atoms with E-state index >= 15 is 0 Å². The van der Waals surface area contributed by atoms with Crippen molar-refractivity contribution in [3.05, 3.63) is 59.0 Å². The van der Waals surface area contributed by atoms with Gasteiger partial charge in [0.25, 0.3) is 0 Å². The average molecular weight is 447 g/mol. The van der Waals surface area contributed by atoms with E-state index in [1.54, 1.807) is 0 Å². The summed E-state index contributed by atoms with van der Waals surface area (Å²) in [5, 5.41) is 3.39. The number of aromatic nitrogens is 3. The first kappa shape index (κ1) is 21.5. The first-order valence-electron chi connectivity index (χ1n) is 11.6. The van der Waals surface area contributed by atoms with Crippen LogP contribution >= 0.6 is 0 Å². The Morgan fingerprint density at radius 3 is 2.73 bits per heavy atom. The van der Waals surface area contributed by atoms with Crippen LogP contribution in [0.15, 0.2) is 36.7 Å². The zero-order chi connectivity index (χ0) is 22.9. The standard InChI is InChI=1S/C25H30N6O2/c1-4-33-24(32)20-9-10-31-22(20)8-5-18-16-26-25(28-23(18)31)27-21-7-6-19(15-17(21)2)30-13-11-29(3)12-14-30/h6-7,9-10,15-16H,4-5,8,11-14H2,1-3H3,(H,26,27,28). The topological polar surface area (TPSA) is 75.5 Å². The molecule has 2 aromatic heterocycles. The van der Waals surface area contributed by atoms with E-state index in [0.717, 1.165) is 67.3 Å². The first-order valence-corrected chi connectivity index (χ1v) is 11.6. The Hall–Kier alpha value is -3.39. The highest BCUT2D eigenvalue weighted by atomic mass is 16.5. The van der Waals surface area contributed by atoms with E-state index in [1.807, 2.05) is 30.0 Å². The second kappa shape index (κ2) is 8.86. The molecule has 33 heavy (non-hydrogen) atoms. The van der Waals surface area contributed by atoms with Gasteiger partial charge in [-0.05, 0) is 63.6 Å². The molecule has 0 bridgehead atoms. The van der Waals surface area contributed by atoms with Crippen LogP contribution in [-0.2, 0) is 17.6 Å². The van der Waals surface area contributed by atoms with Crippen LogP contribution in [-0.4, -0.2) is 65.2 Å². The molecule has 3 aromatic rings. The summed E-state index contributed by atoms with van der Waals surface area (Å²) >= 11 is 0.